The van der Waals surface area contributed by atoms with Crippen molar-refractivity contribution in [1.29, 1.82) is 0 Å². The molecule has 1 aliphatic heterocycles. The molecule has 15 heavy (non-hydrogen) atoms. The monoisotopic (exact) mass is 215 g/mol. The van der Waals surface area contributed by atoms with Gasteiger partial charge in [-0.15, -0.1) is 0 Å². The molecule has 1 rings (SSSR count). The summed E-state index contributed by atoms with van der Waals surface area (Å²) in [5, 5.41) is 8.86. The van der Waals surface area contributed by atoms with E-state index in [1.54, 1.807) is 7.11 Å². The molecule has 4 nitrogen and oxygen atoms in total. The van der Waals surface area contributed by atoms with Crippen LogP contribution in [0.3, 0.4) is 0 Å². The summed E-state index contributed by atoms with van der Waals surface area (Å²) in [4.78, 5) is 13.6. The highest BCUT2D eigenvalue weighted by molar-refractivity contribution is 5.76. The Bertz CT molecular complexity index is 194. The van der Waals surface area contributed by atoms with Crippen LogP contribution in [0.5, 0.6) is 0 Å². The van der Waals surface area contributed by atoms with E-state index in [-0.39, 0.29) is 12.5 Å². The Labute approximate surface area is 91.2 Å². The number of carbonyl (C=O) groups excluding carboxylic acids is 1. The first-order valence-corrected chi connectivity index (χ1v) is 5.65. The zero-order chi connectivity index (χ0) is 11.1. The fourth-order valence-corrected chi connectivity index (χ4v) is 2.06. The molecule has 4 heteroatoms. The van der Waals surface area contributed by atoms with Crippen LogP contribution in [0.4, 0.5) is 0 Å². The summed E-state index contributed by atoms with van der Waals surface area (Å²) in [5.74, 6) is 0.662. The van der Waals surface area contributed by atoms with Crippen LogP contribution in [-0.4, -0.2) is 49.3 Å². The van der Waals surface area contributed by atoms with E-state index < -0.39 is 0 Å². The second kappa shape index (κ2) is 6.80. The first-order chi connectivity index (χ1) is 7.27. The van der Waals surface area contributed by atoms with Crippen molar-refractivity contribution in [1.82, 2.24) is 4.90 Å². The number of hydrogen-bond donors (Lipinski definition) is 1. The quantitative estimate of drug-likeness (QED) is 0.732. The molecule has 0 aromatic carbocycles. The molecule has 1 atom stereocenters. The van der Waals surface area contributed by atoms with E-state index in [4.69, 9.17) is 9.84 Å². The van der Waals surface area contributed by atoms with Crippen LogP contribution in [0.15, 0.2) is 0 Å². The van der Waals surface area contributed by atoms with Crippen molar-refractivity contribution in [2.75, 3.05) is 33.4 Å². The minimum atomic E-state index is 0.180. The normalized spacial score (nSPS) is 21.7. The van der Waals surface area contributed by atoms with Gasteiger partial charge in [0.05, 0.1) is 13.0 Å². The van der Waals surface area contributed by atoms with Crippen molar-refractivity contribution in [3.05, 3.63) is 0 Å². The molecule has 0 aliphatic carbocycles. The summed E-state index contributed by atoms with van der Waals surface area (Å²) in [6.45, 7) is 2.40. The summed E-state index contributed by atoms with van der Waals surface area (Å²) in [6, 6.07) is 0. The van der Waals surface area contributed by atoms with Gasteiger partial charge in [0.25, 0.3) is 0 Å². The Hall–Kier alpha value is -0.610. The molecule has 1 heterocycles. The highest BCUT2D eigenvalue weighted by Crippen LogP contribution is 2.19. The topological polar surface area (TPSA) is 49.8 Å². The fourth-order valence-electron chi connectivity index (χ4n) is 2.06. The van der Waals surface area contributed by atoms with Crippen molar-refractivity contribution in [2.45, 2.75) is 25.7 Å². The van der Waals surface area contributed by atoms with Gasteiger partial charge in [0, 0.05) is 26.8 Å². The lowest BCUT2D eigenvalue weighted by molar-refractivity contribution is -0.134. The lowest BCUT2D eigenvalue weighted by atomic mass is 9.95. The predicted molar refractivity (Wildman–Crippen MR) is 57.5 cm³/mol. The Morgan fingerprint density at radius 2 is 2.40 bits per heavy atom. The van der Waals surface area contributed by atoms with Crippen LogP contribution in [0, 0.1) is 5.92 Å². The Morgan fingerprint density at radius 3 is 3.07 bits per heavy atom. The Balaban J connectivity index is 2.31. The van der Waals surface area contributed by atoms with Crippen LogP contribution < -0.4 is 0 Å². The van der Waals surface area contributed by atoms with Gasteiger partial charge in [0.1, 0.15) is 0 Å². The third kappa shape index (κ3) is 4.18. The third-order valence-corrected chi connectivity index (χ3v) is 2.93. The number of carbonyl (C=O) groups is 1. The fraction of sp³-hybridized carbons (Fsp3) is 0.909. The number of likely N-dealkylation sites (tertiary alicyclic amines) is 1. The molecular weight excluding hydrogens is 194 g/mol. The number of nitrogens with zero attached hydrogens (tertiary/aromatic N) is 1. The van der Waals surface area contributed by atoms with Gasteiger partial charge in [-0.3, -0.25) is 4.79 Å². The van der Waals surface area contributed by atoms with Crippen LogP contribution in [0.25, 0.3) is 0 Å². The van der Waals surface area contributed by atoms with Gasteiger partial charge in [-0.1, -0.05) is 0 Å². The summed E-state index contributed by atoms with van der Waals surface area (Å²) in [6.07, 6.45) is 3.48. The number of hydrogen-bond acceptors (Lipinski definition) is 3. The molecule has 1 unspecified atom stereocenters. The van der Waals surface area contributed by atoms with Crippen molar-refractivity contribution in [3.63, 3.8) is 0 Å². The molecule has 0 aromatic heterocycles. The van der Waals surface area contributed by atoms with Gasteiger partial charge in [-0.2, -0.15) is 0 Å². The van der Waals surface area contributed by atoms with E-state index in [9.17, 15) is 4.79 Å². The average Bonchev–Trinajstić information content (AvgIpc) is 2.27. The molecule has 1 aliphatic rings. The Morgan fingerprint density at radius 1 is 1.60 bits per heavy atom. The molecule has 0 bridgehead atoms. The van der Waals surface area contributed by atoms with E-state index in [0.717, 1.165) is 32.4 Å². The van der Waals surface area contributed by atoms with E-state index >= 15 is 0 Å². The SMILES string of the molecule is COCCC(=O)N1CCCC(CCO)C1. The predicted octanol–water partition coefficient (Wildman–Crippen LogP) is 0.644. The molecule has 0 radical (unpaired) electrons. The van der Waals surface area contributed by atoms with Gasteiger partial charge >= 0.3 is 0 Å². The van der Waals surface area contributed by atoms with Gasteiger partial charge in [0.2, 0.25) is 5.91 Å². The maximum atomic E-state index is 11.7. The van der Waals surface area contributed by atoms with Crippen LogP contribution in [-0.2, 0) is 9.53 Å². The molecule has 88 valence electrons. The van der Waals surface area contributed by atoms with Gasteiger partial charge < -0.3 is 14.7 Å². The smallest absolute Gasteiger partial charge is 0.224 e. The lowest BCUT2D eigenvalue weighted by Gasteiger charge is -2.32. The van der Waals surface area contributed by atoms with Gasteiger partial charge in [-0.05, 0) is 25.2 Å². The maximum Gasteiger partial charge on any atom is 0.224 e. The van der Waals surface area contributed by atoms with Crippen molar-refractivity contribution in [3.8, 4) is 0 Å². The molecule has 0 aromatic rings. The van der Waals surface area contributed by atoms with Crippen molar-refractivity contribution in [2.24, 2.45) is 5.92 Å². The summed E-state index contributed by atoms with van der Waals surface area (Å²) < 4.78 is 4.89. The van der Waals surface area contributed by atoms with Gasteiger partial charge in [-0.25, -0.2) is 0 Å². The number of aliphatic hydroxyl groups excluding tert-OH is 1. The molecule has 0 saturated carbocycles. The minimum absolute atomic E-state index is 0.180. The number of amides is 1. The second-order valence-corrected chi connectivity index (χ2v) is 4.10. The van der Waals surface area contributed by atoms with Crippen LogP contribution >= 0.6 is 0 Å². The Kier molecular flexibility index (Phi) is 5.65. The molecule has 0 spiro atoms. The number of aliphatic hydroxyl groups is 1. The summed E-state index contributed by atoms with van der Waals surface area (Å²) >= 11 is 0. The maximum absolute atomic E-state index is 11.7. The van der Waals surface area contributed by atoms with E-state index in [0.29, 0.717) is 18.9 Å². The largest absolute Gasteiger partial charge is 0.396 e. The zero-order valence-electron chi connectivity index (χ0n) is 9.45. The molecule has 1 saturated heterocycles. The number of rotatable bonds is 5. The number of piperidine rings is 1. The van der Waals surface area contributed by atoms with E-state index in [2.05, 4.69) is 0 Å². The summed E-state index contributed by atoms with van der Waals surface area (Å²) in [7, 11) is 1.61. The lowest BCUT2D eigenvalue weighted by Crippen LogP contribution is -2.40. The van der Waals surface area contributed by atoms with Gasteiger partial charge in [0.15, 0.2) is 0 Å². The van der Waals surface area contributed by atoms with Crippen LogP contribution in [0.1, 0.15) is 25.7 Å². The molecule has 1 fully saturated rings. The molecular formula is C11H21NO3. The summed E-state index contributed by atoms with van der Waals surface area (Å²) in [5.41, 5.74) is 0. The van der Waals surface area contributed by atoms with Crippen LogP contribution in [0.2, 0.25) is 0 Å². The highest BCUT2D eigenvalue weighted by atomic mass is 16.5. The first-order valence-electron chi connectivity index (χ1n) is 5.65. The minimum Gasteiger partial charge on any atom is -0.396 e. The number of methoxy groups -OCH3 is 1. The van der Waals surface area contributed by atoms with E-state index in [1.807, 2.05) is 4.90 Å². The second-order valence-electron chi connectivity index (χ2n) is 4.10. The first kappa shape index (κ1) is 12.5. The standard InChI is InChI=1S/C11H21NO3/c1-15-8-5-11(14)12-6-2-3-10(9-12)4-7-13/h10,13H,2-9H2,1H3. The van der Waals surface area contributed by atoms with Crippen molar-refractivity contribution < 1.29 is 14.6 Å². The number of ether oxygens (including phenoxy) is 1. The molecule has 1 N–H and O–H groups in total. The zero-order valence-corrected chi connectivity index (χ0v) is 9.45. The highest BCUT2D eigenvalue weighted by Gasteiger charge is 2.22. The molecule has 1 amide bonds. The van der Waals surface area contributed by atoms with Crippen molar-refractivity contribution >= 4 is 5.91 Å². The average molecular weight is 215 g/mol. The third-order valence-electron chi connectivity index (χ3n) is 2.93. The van der Waals surface area contributed by atoms with E-state index in [1.165, 1.54) is 0 Å².